The third kappa shape index (κ3) is 6.63. The second-order valence-electron chi connectivity index (χ2n) is 3.87. The minimum absolute atomic E-state index is 0.0737. The lowest BCUT2D eigenvalue weighted by Gasteiger charge is -2.12. The zero-order valence-electron chi connectivity index (χ0n) is 10.7. The van der Waals surface area contributed by atoms with Gasteiger partial charge in [0.05, 0.1) is 18.0 Å². The standard InChI is InChI=1S/C13H15F3N2OS/c1-2-7-17-8-12(19)18-10-5-3-4-6-11(10)20-9-13(14,15)16/h2-6,17H,1,7-9H2,(H,18,19). The van der Waals surface area contributed by atoms with Crippen molar-refractivity contribution in [3.05, 3.63) is 36.9 Å². The summed E-state index contributed by atoms with van der Waals surface area (Å²) in [6, 6.07) is 6.40. The Balaban J connectivity index is 2.60. The van der Waals surface area contributed by atoms with Gasteiger partial charge in [0.25, 0.3) is 0 Å². The molecular weight excluding hydrogens is 289 g/mol. The van der Waals surface area contributed by atoms with E-state index < -0.39 is 11.9 Å². The molecule has 0 aliphatic carbocycles. The van der Waals surface area contributed by atoms with Gasteiger partial charge in [-0.25, -0.2) is 0 Å². The first-order valence-electron chi connectivity index (χ1n) is 5.82. The molecule has 0 aromatic heterocycles. The summed E-state index contributed by atoms with van der Waals surface area (Å²) in [5.74, 6) is -1.30. The van der Waals surface area contributed by atoms with Gasteiger partial charge >= 0.3 is 6.18 Å². The molecule has 1 amide bonds. The zero-order valence-corrected chi connectivity index (χ0v) is 11.5. The number of hydrogen-bond donors (Lipinski definition) is 2. The predicted molar refractivity (Wildman–Crippen MR) is 74.9 cm³/mol. The van der Waals surface area contributed by atoms with E-state index in [1.165, 1.54) is 0 Å². The fourth-order valence-corrected chi connectivity index (χ4v) is 2.11. The molecule has 0 unspecified atom stereocenters. The third-order valence-electron chi connectivity index (χ3n) is 2.13. The minimum Gasteiger partial charge on any atom is -0.324 e. The largest absolute Gasteiger partial charge is 0.398 e. The number of para-hydroxylation sites is 1. The highest BCUT2D eigenvalue weighted by molar-refractivity contribution is 7.99. The Kier molecular flexibility index (Phi) is 6.60. The minimum atomic E-state index is -4.24. The number of rotatable bonds is 7. The summed E-state index contributed by atoms with van der Waals surface area (Å²) in [6.45, 7) is 4.06. The maximum Gasteiger partial charge on any atom is 0.398 e. The summed E-state index contributed by atoms with van der Waals surface area (Å²) in [7, 11) is 0. The molecule has 0 atom stereocenters. The van der Waals surface area contributed by atoms with Gasteiger partial charge in [0, 0.05) is 11.4 Å². The van der Waals surface area contributed by atoms with Crippen molar-refractivity contribution in [3.8, 4) is 0 Å². The first-order valence-corrected chi connectivity index (χ1v) is 6.81. The highest BCUT2D eigenvalue weighted by Crippen LogP contribution is 2.31. The van der Waals surface area contributed by atoms with Crippen LogP contribution in [0.2, 0.25) is 0 Å². The monoisotopic (exact) mass is 304 g/mol. The summed E-state index contributed by atoms with van der Waals surface area (Å²) in [5, 5.41) is 5.40. The molecule has 3 nitrogen and oxygen atoms in total. The Morgan fingerprint density at radius 2 is 2.05 bits per heavy atom. The predicted octanol–water partition coefficient (Wildman–Crippen LogP) is 3.06. The van der Waals surface area contributed by atoms with Gasteiger partial charge in [0.1, 0.15) is 0 Å². The maximum atomic E-state index is 12.2. The molecule has 0 spiro atoms. The summed E-state index contributed by atoms with van der Waals surface area (Å²) in [4.78, 5) is 12.0. The second-order valence-corrected chi connectivity index (χ2v) is 4.88. The first-order chi connectivity index (χ1) is 9.42. The smallest absolute Gasteiger partial charge is 0.324 e. The number of amides is 1. The topological polar surface area (TPSA) is 41.1 Å². The molecule has 0 saturated carbocycles. The number of benzene rings is 1. The molecule has 0 heterocycles. The van der Waals surface area contributed by atoms with Crippen LogP contribution in [0.4, 0.5) is 18.9 Å². The number of hydrogen-bond acceptors (Lipinski definition) is 3. The van der Waals surface area contributed by atoms with Crippen molar-refractivity contribution in [2.75, 3.05) is 24.2 Å². The SMILES string of the molecule is C=CCNCC(=O)Nc1ccccc1SCC(F)(F)F. The molecule has 0 bridgehead atoms. The number of carbonyl (C=O) groups is 1. The molecule has 1 rings (SSSR count). The van der Waals surface area contributed by atoms with E-state index >= 15 is 0 Å². The molecule has 1 aromatic carbocycles. The van der Waals surface area contributed by atoms with Gasteiger partial charge in [-0.05, 0) is 12.1 Å². The van der Waals surface area contributed by atoms with Crippen LogP contribution in [0, 0.1) is 0 Å². The van der Waals surface area contributed by atoms with Gasteiger partial charge in [-0.2, -0.15) is 13.2 Å². The fraction of sp³-hybridized carbons (Fsp3) is 0.308. The molecule has 2 N–H and O–H groups in total. The molecule has 0 radical (unpaired) electrons. The van der Waals surface area contributed by atoms with Crippen LogP contribution in [0.1, 0.15) is 0 Å². The van der Waals surface area contributed by atoms with Crippen molar-refractivity contribution < 1.29 is 18.0 Å². The highest BCUT2D eigenvalue weighted by Gasteiger charge is 2.27. The van der Waals surface area contributed by atoms with Crippen LogP contribution < -0.4 is 10.6 Å². The van der Waals surface area contributed by atoms with Gasteiger partial charge in [-0.1, -0.05) is 18.2 Å². The molecule has 0 aliphatic heterocycles. The van der Waals surface area contributed by atoms with Crippen molar-refractivity contribution in [1.29, 1.82) is 0 Å². The molecule has 0 aliphatic rings. The lowest BCUT2D eigenvalue weighted by Crippen LogP contribution is -2.28. The number of thioether (sulfide) groups is 1. The van der Waals surface area contributed by atoms with E-state index in [1.54, 1.807) is 30.3 Å². The van der Waals surface area contributed by atoms with Crippen LogP contribution in [-0.2, 0) is 4.79 Å². The number of alkyl halides is 3. The Morgan fingerprint density at radius 1 is 1.35 bits per heavy atom. The molecule has 0 saturated heterocycles. The van der Waals surface area contributed by atoms with Crippen molar-refractivity contribution in [3.63, 3.8) is 0 Å². The highest BCUT2D eigenvalue weighted by atomic mass is 32.2. The zero-order chi connectivity index (χ0) is 15.0. The number of halogens is 3. The van der Waals surface area contributed by atoms with E-state index in [9.17, 15) is 18.0 Å². The summed E-state index contributed by atoms with van der Waals surface area (Å²) in [5.41, 5.74) is 0.382. The molecule has 20 heavy (non-hydrogen) atoms. The second kappa shape index (κ2) is 7.96. The normalized spacial score (nSPS) is 11.2. The van der Waals surface area contributed by atoms with E-state index in [0.29, 0.717) is 28.9 Å². The van der Waals surface area contributed by atoms with Crippen LogP contribution in [0.25, 0.3) is 0 Å². The van der Waals surface area contributed by atoms with Crippen molar-refractivity contribution in [2.45, 2.75) is 11.1 Å². The summed E-state index contributed by atoms with van der Waals surface area (Å²) >= 11 is 0.648. The van der Waals surface area contributed by atoms with E-state index in [1.807, 2.05) is 0 Å². The number of anilines is 1. The van der Waals surface area contributed by atoms with Crippen LogP contribution >= 0.6 is 11.8 Å². The van der Waals surface area contributed by atoms with Crippen LogP contribution in [0.5, 0.6) is 0 Å². The Hall–Kier alpha value is -1.47. The van der Waals surface area contributed by atoms with Crippen molar-refractivity contribution in [2.24, 2.45) is 0 Å². The van der Waals surface area contributed by atoms with E-state index in [2.05, 4.69) is 17.2 Å². The van der Waals surface area contributed by atoms with E-state index in [-0.39, 0.29) is 12.5 Å². The maximum absolute atomic E-state index is 12.2. The lowest BCUT2D eigenvalue weighted by molar-refractivity contribution is -0.115. The molecule has 1 aromatic rings. The fourth-order valence-electron chi connectivity index (χ4n) is 1.34. The average Bonchev–Trinajstić information content (AvgIpc) is 2.37. The van der Waals surface area contributed by atoms with E-state index in [0.717, 1.165) is 0 Å². The van der Waals surface area contributed by atoms with Crippen molar-refractivity contribution >= 4 is 23.4 Å². The van der Waals surface area contributed by atoms with Gasteiger partial charge < -0.3 is 10.6 Å². The molecule has 110 valence electrons. The number of nitrogens with one attached hydrogen (secondary N) is 2. The quantitative estimate of drug-likeness (QED) is 0.462. The Morgan fingerprint density at radius 3 is 2.70 bits per heavy atom. The third-order valence-corrected chi connectivity index (χ3v) is 3.27. The number of carbonyl (C=O) groups excluding carboxylic acids is 1. The van der Waals surface area contributed by atoms with E-state index in [4.69, 9.17) is 0 Å². The molecule has 7 heteroatoms. The summed E-state index contributed by atoms with van der Waals surface area (Å²) in [6.07, 6.45) is -2.63. The van der Waals surface area contributed by atoms with Crippen LogP contribution in [-0.4, -0.2) is 30.9 Å². The van der Waals surface area contributed by atoms with Crippen LogP contribution in [0.15, 0.2) is 41.8 Å². The molecular formula is C13H15F3N2OS. The van der Waals surface area contributed by atoms with Gasteiger partial charge in [-0.15, -0.1) is 18.3 Å². The van der Waals surface area contributed by atoms with Gasteiger partial charge in [0.15, 0.2) is 0 Å². The van der Waals surface area contributed by atoms with Crippen LogP contribution in [0.3, 0.4) is 0 Å². The van der Waals surface area contributed by atoms with Crippen molar-refractivity contribution in [1.82, 2.24) is 5.32 Å². The van der Waals surface area contributed by atoms with Gasteiger partial charge in [0.2, 0.25) is 5.91 Å². The average molecular weight is 304 g/mol. The first kappa shape index (κ1) is 16.6. The Labute approximate surface area is 119 Å². The lowest BCUT2D eigenvalue weighted by atomic mass is 10.3. The Bertz CT molecular complexity index is 463. The molecule has 0 fully saturated rings. The van der Waals surface area contributed by atoms with Gasteiger partial charge in [-0.3, -0.25) is 4.79 Å². The summed E-state index contributed by atoms with van der Waals surface area (Å²) < 4.78 is 36.6.